The molecule has 1 amide bonds. The smallest absolute Gasteiger partial charge is 0.242 e. The Morgan fingerprint density at radius 2 is 1.77 bits per heavy atom. The van der Waals surface area contributed by atoms with E-state index < -0.39 is 6.04 Å². The number of aliphatic hydroxyl groups is 1. The van der Waals surface area contributed by atoms with Crippen LogP contribution in [0, 0.1) is 0 Å². The summed E-state index contributed by atoms with van der Waals surface area (Å²) in [5, 5.41) is 19.9. The minimum atomic E-state index is -0.547. The highest BCUT2D eigenvalue weighted by Crippen LogP contribution is 2.15. The normalized spacial score (nSPS) is 11.6. The molecule has 7 nitrogen and oxygen atoms in total. The van der Waals surface area contributed by atoms with Crippen LogP contribution < -0.4 is 16.0 Å². The van der Waals surface area contributed by atoms with Gasteiger partial charge in [-0.2, -0.15) is 4.98 Å². The Balaban J connectivity index is 1.60. The van der Waals surface area contributed by atoms with E-state index in [1.807, 2.05) is 30.3 Å². The largest absolute Gasteiger partial charge is 0.390 e. The molecule has 0 radical (unpaired) electrons. The predicted octanol–water partition coefficient (Wildman–Crippen LogP) is 4.00. The van der Waals surface area contributed by atoms with Crippen molar-refractivity contribution >= 4 is 40.9 Å². The summed E-state index contributed by atoms with van der Waals surface area (Å²) >= 11 is 11.9. The van der Waals surface area contributed by atoms with Gasteiger partial charge in [0, 0.05) is 29.2 Å². The topological polar surface area (TPSA) is 99.2 Å². The number of benzene rings is 2. The molecule has 1 heterocycles. The van der Waals surface area contributed by atoms with Crippen molar-refractivity contribution in [1.82, 2.24) is 15.3 Å². The van der Waals surface area contributed by atoms with Crippen molar-refractivity contribution in [2.24, 2.45) is 0 Å². The number of halogens is 2. The van der Waals surface area contributed by atoms with Gasteiger partial charge in [0.05, 0.1) is 12.3 Å². The van der Waals surface area contributed by atoms with Crippen molar-refractivity contribution in [2.45, 2.75) is 32.7 Å². The van der Waals surface area contributed by atoms with Crippen LogP contribution in [-0.2, 0) is 24.5 Å². The molecular weight excluding hydrogens is 437 g/mol. The van der Waals surface area contributed by atoms with Gasteiger partial charge in [0.25, 0.3) is 0 Å². The van der Waals surface area contributed by atoms with Crippen LogP contribution in [0.3, 0.4) is 0 Å². The summed E-state index contributed by atoms with van der Waals surface area (Å²) in [5.41, 5.74) is 2.34. The lowest BCUT2D eigenvalue weighted by molar-refractivity contribution is -0.121. The monoisotopic (exact) mass is 459 g/mol. The molecule has 0 aliphatic carbocycles. The molecule has 0 saturated heterocycles. The van der Waals surface area contributed by atoms with E-state index in [9.17, 15) is 9.90 Å². The van der Waals surface area contributed by atoms with Crippen LogP contribution in [0.25, 0.3) is 0 Å². The highest BCUT2D eigenvalue weighted by atomic mass is 35.5. The number of nitrogens with one attached hydrogen (secondary N) is 3. The summed E-state index contributed by atoms with van der Waals surface area (Å²) in [6, 6.07) is 15.8. The Hall–Kier alpha value is -2.87. The molecule has 31 heavy (non-hydrogen) atoms. The molecule has 2 aromatic carbocycles. The lowest BCUT2D eigenvalue weighted by Gasteiger charge is -2.16. The first-order valence-corrected chi connectivity index (χ1v) is 10.4. The van der Waals surface area contributed by atoms with E-state index >= 15 is 0 Å². The fourth-order valence-corrected chi connectivity index (χ4v) is 3.13. The number of aromatic nitrogens is 2. The van der Waals surface area contributed by atoms with Crippen LogP contribution >= 0.6 is 23.2 Å². The van der Waals surface area contributed by atoms with E-state index in [1.165, 1.54) is 0 Å². The highest BCUT2D eigenvalue weighted by Gasteiger charge is 2.14. The van der Waals surface area contributed by atoms with Crippen molar-refractivity contribution in [3.63, 3.8) is 0 Å². The molecule has 0 aliphatic rings. The van der Waals surface area contributed by atoms with Crippen LogP contribution in [0.1, 0.15) is 23.7 Å². The van der Waals surface area contributed by atoms with Crippen LogP contribution in [0.2, 0.25) is 10.0 Å². The minimum absolute atomic E-state index is 0.187. The van der Waals surface area contributed by atoms with E-state index in [1.54, 1.807) is 31.2 Å². The van der Waals surface area contributed by atoms with Gasteiger partial charge in [-0.25, -0.2) is 4.98 Å². The van der Waals surface area contributed by atoms with Crippen LogP contribution in [0.15, 0.2) is 54.6 Å². The summed E-state index contributed by atoms with van der Waals surface area (Å²) in [6.45, 7) is 2.34. The number of hydrogen-bond acceptors (Lipinski definition) is 6. The van der Waals surface area contributed by atoms with E-state index in [2.05, 4.69) is 25.9 Å². The first-order chi connectivity index (χ1) is 14.9. The van der Waals surface area contributed by atoms with Crippen LogP contribution in [-0.4, -0.2) is 27.0 Å². The van der Waals surface area contributed by atoms with Gasteiger partial charge in [-0.1, -0.05) is 47.5 Å². The fraction of sp³-hybridized carbons (Fsp3) is 0.227. The molecule has 1 aromatic heterocycles. The summed E-state index contributed by atoms with van der Waals surface area (Å²) < 4.78 is 0. The maximum absolute atomic E-state index is 12.4. The molecule has 0 saturated carbocycles. The van der Waals surface area contributed by atoms with Crippen molar-refractivity contribution in [1.29, 1.82) is 0 Å². The second kappa shape index (κ2) is 10.9. The molecule has 3 aromatic rings. The van der Waals surface area contributed by atoms with Gasteiger partial charge in [-0.3, -0.25) is 4.79 Å². The highest BCUT2D eigenvalue weighted by molar-refractivity contribution is 6.30. The molecule has 0 bridgehead atoms. The molecule has 0 fully saturated rings. The number of amides is 1. The number of carbonyl (C=O) groups is 1. The molecule has 9 heteroatoms. The fourth-order valence-electron chi connectivity index (χ4n) is 2.79. The average Bonchev–Trinajstić information content (AvgIpc) is 2.77. The quantitative estimate of drug-likeness (QED) is 0.385. The summed E-state index contributed by atoms with van der Waals surface area (Å²) in [5.74, 6) is 0.581. The molecule has 3 rings (SSSR count). The van der Waals surface area contributed by atoms with Crippen molar-refractivity contribution in [2.75, 3.05) is 10.6 Å². The third-order valence-corrected chi connectivity index (χ3v) is 4.91. The number of nitrogens with zero attached hydrogens (tertiary/aromatic N) is 2. The van der Waals surface area contributed by atoms with Gasteiger partial charge < -0.3 is 21.1 Å². The Morgan fingerprint density at radius 1 is 1.00 bits per heavy atom. The number of aliphatic hydroxyl groups excluding tert-OH is 1. The second-order valence-corrected chi connectivity index (χ2v) is 7.79. The lowest BCUT2D eigenvalue weighted by Crippen LogP contribution is -2.37. The van der Waals surface area contributed by atoms with Crippen LogP contribution in [0.5, 0.6) is 0 Å². The number of hydrogen-bond donors (Lipinski definition) is 4. The van der Waals surface area contributed by atoms with Crippen molar-refractivity contribution < 1.29 is 9.90 Å². The zero-order valence-electron chi connectivity index (χ0n) is 16.9. The van der Waals surface area contributed by atoms with Gasteiger partial charge in [0.1, 0.15) is 11.9 Å². The number of anilines is 2. The Labute approximate surface area is 190 Å². The zero-order chi connectivity index (χ0) is 22.2. The van der Waals surface area contributed by atoms with Gasteiger partial charge in [-0.15, -0.1) is 0 Å². The summed E-state index contributed by atoms with van der Waals surface area (Å²) in [7, 11) is 0. The molecule has 4 N–H and O–H groups in total. The molecule has 162 valence electrons. The Morgan fingerprint density at radius 3 is 2.48 bits per heavy atom. The average molecular weight is 460 g/mol. The van der Waals surface area contributed by atoms with Crippen LogP contribution in [0.4, 0.5) is 11.8 Å². The second-order valence-electron chi connectivity index (χ2n) is 6.92. The Kier molecular flexibility index (Phi) is 8.06. The Bertz CT molecular complexity index is 1030. The van der Waals surface area contributed by atoms with E-state index in [4.69, 9.17) is 23.2 Å². The van der Waals surface area contributed by atoms with Gasteiger partial charge in [0.15, 0.2) is 0 Å². The summed E-state index contributed by atoms with van der Waals surface area (Å²) in [6.07, 6.45) is 0. The van der Waals surface area contributed by atoms with Crippen molar-refractivity contribution in [3.05, 3.63) is 81.5 Å². The SMILES string of the molecule is C[C@@H](Nc1cc(CO)nc(NCc2cccc(Cl)c2)n1)C(=O)NCc1ccc(Cl)cc1. The molecule has 0 spiro atoms. The molecule has 0 aliphatic heterocycles. The predicted molar refractivity (Wildman–Crippen MR) is 123 cm³/mol. The number of carbonyl (C=O) groups excluding carboxylic acids is 1. The number of rotatable bonds is 9. The first kappa shape index (κ1) is 22.8. The first-order valence-electron chi connectivity index (χ1n) is 9.69. The maximum Gasteiger partial charge on any atom is 0.242 e. The molecule has 0 unspecified atom stereocenters. The summed E-state index contributed by atoms with van der Waals surface area (Å²) in [4.78, 5) is 21.1. The van der Waals surface area contributed by atoms with Gasteiger partial charge in [0.2, 0.25) is 11.9 Å². The van der Waals surface area contributed by atoms with Gasteiger partial charge in [-0.05, 0) is 42.3 Å². The van der Waals surface area contributed by atoms with Gasteiger partial charge >= 0.3 is 0 Å². The van der Waals surface area contributed by atoms with E-state index in [-0.39, 0.29) is 12.5 Å². The zero-order valence-corrected chi connectivity index (χ0v) is 18.4. The van der Waals surface area contributed by atoms with Crippen molar-refractivity contribution in [3.8, 4) is 0 Å². The van der Waals surface area contributed by atoms with E-state index in [0.29, 0.717) is 40.6 Å². The standard InChI is InChI=1S/C22H23Cl2N5O2/c1-14(21(31)25-11-15-5-7-17(23)8-6-15)27-20-10-19(13-30)28-22(29-20)26-12-16-3-2-4-18(24)9-16/h2-10,14,30H,11-13H2,1H3,(H,25,31)(H2,26,27,28,29)/t14-/m1/s1. The maximum atomic E-state index is 12.4. The minimum Gasteiger partial charge on any atom is -0.390 e. The lowest BCUT2D eigenvalue weighted by atomic mass is 10.2. The molecular formula is C22H23Cl2N5O2. The molecule has 1 atom stereocenters. The van der Waals surface area contributed by atoms with E-state index in [0.717, 1.165) is 11.1 Å². The third-order valence-electron chi connectivity index (χ3n) is 4.42. The third kappa shape index (κ3) is 7.10.